The molecule has 1 heterocycles. The molecule has 1 atom stereocenters. The van der Waals surface area contributed by atoms with Crippen LogP contribution in [0.25, 0.3) is 0 Å². The second kappa shape index (κ2) is 6.48. The average molecular weight is 293 g/mol. The maximum Gasteiger partial charge on any atom is 0.253 e. The van der Waals surface area contributed by atoms with Gasteiger partial charge in [0.1, 0.15) is 5.76 Å². The van der Waals surface area contributed by atoms with Crippen LogP contribution in [0.3, 0.4) is 0 Å². The first-order valence-corrected chi connectivity index (χ1v) is 6.83. The number of carbonyl (C=O) groups is 1. The number of amides is 1. The fraction of sp³-hybridized carbons (Fsp3) is 0.267. The topological polar surface area (TPSA) is 68.3 Å². The van der Waals surface area contributed by atoms with E-state index in [4.69, 9.17) is 21.8 Å². The number of anilines is 1. The highest BCUT2D eigenvalue weighted by atomic mass is 35.5. The predicted molar refractivity (Wildman–Crippen MR) is 79.8 cm³/mol. The van der Waals surface area contributed by atoms with Gasteiger partial charge in [-0.15, -0.1) is 0 Å². The number of benzene rings is 1. The fourth-order valence-electron chi connectivity index (χ4n) is 1.92. The van der Waals surface area contributed by atoms with Crippen molar-refractivity contribution in [1.82, 2.24) is 5.32 Å². The van der Waals surface area contributed by atoms with Gasteiger partial charge in [-0.3, -0.25) is 4.79 Å². The third kappa shape index (κ3) is 3.54. The number of hydrogen-bond acceptors (Lipinski definition) is 3. The number of nitrogens with two attached hydrogens (primary N) is 1. The zero-order valence-electron chi connectivity index (χ0n) is 11.2. The summed E-state index contributed by atoms with van der Waals surface area (Å²) < 4.78 is 5.26. The number of hydrogen-bond donors (Lipinski definition) is 2. The van der Waals surface area contributed by atoms with Gasteiger partial charge >= 0.3 is 0 Å². The minimum absolute atomic E-state index is 0.0194. The predicted octanol–water partition coefficient (Wildman–Crippen LogP) is 3.27. The van der Waals surface area contributed by atoms with Crippen molar-refractivity contribution >= 4 is 23.2 Å². The number of aryl methyl sites for hydroxylation is 1. The van der Waals surface area contributed by atoms with Crippen molar-refractivity contribution in [2.75, 3.05) is 5.73 Å². The van der Waals surface area contributed by atoms with Gasteiger partial charge in [0, 0.05) is 12.5 Å². The summed E-state index contributed by atoms with van der Waals surface area (Å²) in [6.07, 6.45) is 3.21. The highest BCUT2D eigenvalue weighted by Gasteiger charge is 2.14. The molecule has 0 saturated carbocycles. The van der Waals surface area contributed by atoms with E-state index in [2.05, 4.69) is 5.32 Å². The molecule has 0 saturated heterocycles. The molecule has 0 fully saturated rings. The summed E-state index contributed by atoms with van der Waals surface area (Å²) in [5, 5.41) is 3.30. The summed E-state index contributed by atoms with van der Waals surface area (Å²) in [5.41, 5.74) is 6.52. The van der Waals surface area contributed by atoms with Gasteiger partial charge in [-0.1, -0.05) is 17.7 Å². The van der Waals surface area contributed by atoms with Crippen LogP contribution < -0.4 is 11.1 Å². The van der Waals surface area contributed by atoms with E-state index < -0.39 is 0 Å². The van der Waals surface area contributed by atoms with E-state index in [0.717, 1.165) is 18.6 Å². The van der Waals surface area contributed by atoms with E-state index in [0.29, 0.717) is 16.3 Å². The summed E-state index contributed by atoms with van der Waals surface area (Å²) in [7, 11) is 0. The van der Waals surface area contributed by atoms with E-state index >= 15 is 0 Å². The second-order valence-electron chi connectivity index (χ2n) is 4.69. The molecule has 5 heteroatoms. The monoisotopic (exact) mass is 292 g/mol. The smallest absolute Gasteiger partial charge is 0.253 e. The molecule has 2 rings (SSSR count). The first-order chi connectivity index (χ1) is 9.58. The van der Waals surface area contributed by atoms with Gasteiger partial charge in [0.15, 0.2) is 0 Å². The largest absolute Gasteiger partial charge is 0.469 e. The van der Waals surface area contributed by atoms with Crippen molar-refractivity contribution in [1.29, 1.82) is 0 Å². The van der Waals surface area contributed by atoms with Gasteiger partial charge in [0.25, 0.3) is 5.91 Å². The lowest BCUT2D eigenvalue weighted by Gasteiger charge is -2.14. The lowest BCUT2D eigenvalue weighted by molar-refractivity contribution is 0.0939. The van der Waals surface area contributed by atoms with Crippen molar-refractivity contribution < 1.29 is 9.21 Å². The number of rotatable bonds is 5. The van der Waals surface area contributed by atoms with Crippen LogP contribution in [0.2, 0.25) is 5.02 Å². The lowest BCUT2D eigenvalue weighted by Crippen LogP contribution is -2.33. The van der Waals surface area contributed by atoms with Crippen LogP contribution in [0.4, 0.5) is 5.69 Å². The number of carbonyl (C=O) groups excluding carboxylic acids is 1. The SMILES string of the molecule is CC(CCc1ccco1)NC(=O)c1cccc(Cl)c1N. The highest BCUT2D eigenvalue weighted by molar-refractivity contribution is 6.33. The van der Waals surface area contributed by atoms with Crippen LogP contribution in [0, 0.1) is 0 Å². The third-order valence-corrected chi connectivity index (χ3v) is 3.41. The first kappa shape index (κ1) is 14.5. The number of nitrogen functional groups attached to an aromatic ring is 1. The molecular formula is C15H17ClN2O2. The van der Waals surface area contributed by atoms with E-state index in [1.807, 2.05) is 19.1 Å². The normalized spacial score (nSPS) is 12.1. The van der Waals surface area contributed by atoms with Crippen LogP contribution in [0.1, 0.15) is 29.5 Å². The molecule has 20 heavy (non-hydrogen) atoms. The summed E-state index contributed by atoms with van der Waals surface area (Å²) in [6.45, 7) is 1.95. The molecule has 1 amide bonds. The highest BCUT2D eigenvalue weighted by Crippen LogP contribution is 2.22. The Labute approximate surface area is 122 Å². The van der Waals surface area contributed by atoms with E-state index in [1.165, 1.54) is 0 Å². The molecule has 1 aromatic heterocycles. The number of furan rings is 1. The average Bonchev–Trinajstić information content (AvgIpc) is 2.92. The zero-order valence-corrected chi connectivity index (χ0v) is 12.0. The molecule has 1 aromatic carbocycles. The summed E-state index contributed by atoms with van der Waals surface area (Å²) in [5.74, 6) is 0.699. The number of nitrogens with one attached hydrogen (secondary N) is 1. The van der Waals surface area contributed by atoms with Gasteiger partial charge in [-0.2, -0.15) is 0 Å². The zero-order chi connectivity index (χ0) is 14.5. The fourth-order valence-corrected chi connectivity index (χ4v) is 2.10. The summed E-state index contributed by atoms with van der Waals surface area (Å²) in [6, 6.07) is 8.82. The molecule has 106 valence electrons. The Morgan fingerprint density at radius 2 is 2.20 bits per heavy atom. The van der Waals surface area contributed by atoms with E-state index in [1.54, 1.807) is 24.5 Å². The third-order valence-electron chi connectivity index (χ3n) is 3.08. The van der Waals surface area contributed by atoms with Crippen LogP contribution in [-0.2, 0) is 6.42 Å². The van der Waals surface area contributed by atoms with Crippen molar-refractivity contribution in [3.8, 4) is 0 Å². The Hall–Kier alpha value is -1.94. The Kier molecular flexibility index (Phi) is 4.69. The minimum Gasteiger partial charge on any atom is -0.469 e. The summed E-state index contributed by atoms with van der Waals surface area (Å²) in [4.78, 5) is 12.1. The van der Waals surface area contributed by atoms with E-state index in [-0.39, 0.29) is 11.9 Å². The molecule has 0 bridgehead atoms. The molecule has 0 radical (unpaired) electrons. The molecule has 2 aromatic rings. The maximum absolute atomic E-state index is 12.1. The molecule has 0 aliphatic rings. The molecular weight excluding hydrogens is 276 g/mol. The van der Waals surface area contributed by atoms with Crippen molar-refractivity contribution in [2.45, 2.75) is 25.8 Å². The van der Waals surface area contributed by atoms with E-state index in [9.17, 15) is 4.79 Å². The maximum atomic E-state index is 12.1. The molecule has 3 N–H and O–H groups in total. The van der Waals surface area contributed by atoms with Gasteiger partial charge in [-0.25, -0.2) is 0 Å². The van der Waals surface area contributed by atoms with Gasteiger partial charge in [0.2, 0.25) is 0 Å². The molecule has 4 nitrogen and oxygen atoms in total. The van der Waals surface area contributed by atoms with Gasteiger partial charge in [-0.05, 0) is 37.6 Å². The first-order valence-electron chi connectivity index (χ1n) is 6.45. The van der Waals surface area contributed by atoms with Crippen molar-refractivity contribution in [3.63, 3.8) is 0 Å². The lowest BCUT2D eigenvalue weighted by atomic mass is 10.1. The van der Waals surface area contributed by atoms with Crippen LogP contribution in [0.15, 0.2) is 41.0 Å². The number of para-hydroxylation sites is 1. The van der Waals surface area contributed by atoms with Gasteiger partial charge < -0.3 is 15.5 Å². The van der Waals surface area contributed by atoms with Gasteiger partial charge in [0.05, 0.1) is 22.5 Å². The molecule has 0 spiro atoms. The van der Waals surface area contributed by atoms with Crippen molar-refractivity contribution in [3.05, 3.63) is 52.9 Å². The Morgan fingerprint density at radius 1 is 1.40 bits per heavy atom. The van der Waals surface area contributed by atoms with Crippen LogP contribution >= 0.6 is 11.6 Å². The quantitative estimate of drug-likeness (QED) is 0.831. The van der Waals surface area contributed by atoms with Crippen LogP contribution in [-0.4, -0.2) is 11.9 Å². The Bertz CT molecular complexity index is 582. The van der Waals surface area contributed by atoms with Crippen molar-refractivity contribution in [2.24, 2.45) is 0 Å². The minimum atomic E-state index is -0.211. The second-order valence-corrected chi connectivity index (χ2v) is 5.10. The standard InChI is InChI=1S/C15H17ClN2O2/c1-10(7-8-11-4-3-9-20-11)18-15(19)12-5-2-6-13(16)14(12)17/h2-6,9-10H,7-8,17H2,1H3,(H,18,19). The summed E-state index contributed by atoms with van der Waals surface area (Å²) >= 11 is 5.91. The van der Waals surface area contributed by atoms with Crippen LogP contribution in [0.5, 0.6) is 0 Å². The molecule has 1 unspecified atom stereocenters. The Balaban J connectivity index is 1.92. The molecule has 0 aliphatic carbocycles. The number of halogens is 1. The Morgan fingerprint density at radius 3 is 2.90 bits per heavy atom. The molecule has 0 aliphatic heterocycles.